The highest BCUT2D eigenvalue weighted by atomic mass is 19.1. The van der Waals surface area contributed by atoms with Crippen molar-refractivity contribution >= 4 is 5.95 Å². The van der Waals surface area contributed by atoms with E-state index >= 15 is 0 Å². The lowest BCUT2D eigenvalue weighted by molar-refractivity contribution is 0.413. The molecule has 0 saturated carbocycles. The van der Waals surface area contributed by atoms with Crippen LogP contribution in [0.4, 0.5) is 10.3 Å². The molecule has 1 aromatic heterocycles. The highest BCUT2D eigenvalue weighted by molar-refractivity contribution is 5.39. The number of nitrogens with one attached hydrogen (secondary N) is 1. The summed E-state index contributed by atoms with van der Waals surface area (Å²) in [6.07, 6.45) is 2.27. The lowest BCUT2D eigenvalue weighted by atomic mass is 9.93. The van der Waals surface area contributed by atoms with Gasteiger partial charge in [0.2, 0.25) is 5.95 Å². The molecule has 0 amide bonds. The van der Waals surface area contributed by atoms with Gasteiger partial charge in [-0.1, -0.05) is 24.3 Å². The first kappa shape index (κ1) is 14.7. The Labute approximate surface area is 139 Å². The smallest absolute Gasteiger partial charge is 0.222 e. The summed E-state index contributed by atoms with van der Waals surface area (Å²) in [6, 6.07) is 14.6. The normalized spacial score (nSPS) is 19.4. The van der Waals surface area contributed by atoms with Gasteiger partial charge >= 0.3 is 0 Å². The Kier molecular flexibility index (Phi) is 3.65. The van der Waals surface area contributed by atoms with Crippen molar-refractivity contribution in [1.29, 1.82) is 0 Å². The minimum atomic E-state index is -0.242. The third-order valence-corrected chi connectivity index (χ3v) is 4.38. The molecule has 0 aliphatic carbocycles. The molecule has 1 aliphatic heterocycles. The Bertz CT molecular complexity index is 846. The number of nitrogens with zero attached hydrogens (tertiary/aromatic N) is 3. The standard InChI is InChI=1S/C18H17FN4O/c1-24-15-7-5-12(6-8-15)16-10-17(13-3-2-4-14(19)9-13)23-18(22-16)20-11-21-23/h2-9,11,16-17H,10H2,1H3,(H,20,21,22)/t16-,17-/m1/s1. The second-order valence-corrected chi connectivity index (χ2v) is 5.80. The number of benzene rings is 2. The first-order valence-electron chi connectivity index (χ1n) is 7.80. The summed E-state index contributed by atoms with van der Waals surface area (Å²) in [5, 5.41) is 7.70. The molecule has 2 heterocycles. The van der Waals surface area contributed by atoms with Gasteiger partial charge < -0.3 is 10.1 Å². The van der Waals surface area contributed by atoms with Crippen molar-refractivity contribution in [2.75, 3.05) is 12.4 Å². The maximum Gasteiger partial charge on any atom is 0.222 e. The molecule has 1 aliphatic rings. The lowest BCUT2D eigenvalue weighted by Crippen LogP contribution is -2.28. The van der Waals surface area contributed by atoms with Gasteiger partial charge in [-0.15, -0.1) is 0 Å². The van der Waals surface area contributed by atoms with Gasteiger partial charge in [-0.3, -0.25) is 0 Å². The average molecular weight is 324 g/mol. The number of hydrogen-bond donors (Lipinski definition) is 1. The zero-order valence-corrected chi connectivity index (χ0v) is 13.2. The SMILES string of the molecule is COc1ccc([C@H]2C[C@H](c3cccc(F)c3)n3ncnc3N2)cc1. The van der Waals surface area contributed by atoms with Crippen LogP contribution in [0.15, 0.2) is 54.9 Å². The summed E-state index contributed by atoms with van der Waals surface area (Å²) in [5.74, 6) is 1.27. The van der Waals surface area contributed by atoms with Crippen molar-refractivity contribution in [3.05, 3.63) is 71.8 Å². The van der Waals surface area contributed by atoms with E-state index in [0.29, 0.717) is 5.95 Å². The van der Waals surface area contributed by atoms with E-state index in [1.54, 1.807) is 19.2 Å². The van der Waals surface area contributed by atoms with Crippen molar-refractivity contribution in [3.63, 3.8) is 0 Å². The minimum absolute atomic E-state index is 0.0634. The summed E-state index contributed by atoms with van der Waals surface area (Å²) in [6.45, 7) is 0. The maximum atomic E-state index is 13.7. The lowest BCUT2D eigenvalue weighted by Gasteiger charge is -2.31. The van der Waals surface area contributed by atoms with E-state index in [1.165, 1.54) is 12.4 Å². The van der Waals surface area contributed by atoms with Crippen LogP contribution in [0.1, 0.15) is 29.6 Å². The Morgan fingerprint density at radius 3 is 2.75 bits per heavy atom. The molecule has 4 rings (SSSR count). The van der Waals surface area contributed by atoms with Crippen LogP contribution >= 0.6 is 0 Å². The van der Waals surface area contributed by atoms with E-state index in [9.17, 15) is 4.39 Å². The predicted octanol–water partition coefficient (Wildman–Crippen LogP) is 3.57. The first-order valence-corrected chi connectivity index (χ1v) is 7.80. The summed E-state index contributed by atoms with van der Waals surface area (Å²) in [7, 11) is 1.65. The summed E-state index contributed by atoms with van der Waals surface area (Å²) < 4.78 is 20.7. The molecule has 0 spiro atoms. The van der Waals surface area contributed by atoms with Crippen LogP contribution in [0.3, 0.4) is 0 Å². The molecule has 5 nitrogen and oxygen atoms in total. The molecule has 0 fully saturated rings. The fraction of sp³-hybridized carbons (Fsp3) is 0.222. The molecule has 0 bridgehead atoms. The van der Waals surface area contributed by atoms with Crippen LogP contribution in [0.25, 0.3) is 0 Å². The number of methoxy groups -OCH3 is 1. The van der Waals surface area contributed by atoms with Crippen molar-refractivity contribution in [1.82, 2.24) is 14.8 Å². The maximum absolute atomic E-state index is 13.7. The number of fused-ring (bicyclic) bond motifs is 1. The fourth-order valence-electron chi connectivity index (χ4n) is 3.17. The Morgan fingerprint density at radius 2 is 2.00 bits per heavy atom. The van der Waals surface area contributed by atoms with Gasteiger partial charge in [0.25, 0.3) is 0 Å². The molecule has 3 aromatic rings. The van der Waals surface area contributed by atoms with Gasteiger partial charge in [0.15, 0.2) is 0 Å². The predicted molar refractivity (Wildman–Crippen MR) is 88.5 cm³/mol. The van der Waals surface area contributed by atoms with Crippen LogP contribution in [0.5, 0.6) is 5.75 Å². The minimum Gasteiger partial charge on any atom is -0.497 e. The van der Waals surface area contributed by atoms with Gasteiger partial charge in [0, 0.05) is 0 Å². The Morgan fingerprint density at radius 1 is 1.17 bits per heavy atom. The van der Waals surface area contributed by atoms with Crippen molar-refractivity contribution in [3.8, 4) is 5.75 Å². The number of halogens is 1. The number of ether oxygens (including phenoxy) is 1. The van der Waals surface area contributed by atoms with E-state index in [1.807, 2.05) is 35.0 Å². The number of aromatic nitrogens is 3. The number of anilines is 1. The monoisotopic (exact) mass is 324 g/mol. The van der Waals surface area contributed by atoms with Crippen LogP contribution in [0.2, 0.25) is 0 Å². The summed E-state index contributed by atoms with van der Waals surface area (Å²) in [5.41, 5.74) is 2.02. The van der Waals surface area contributed by atoms with E-state index in [4.69, 9.17) is 4.74 Å². The van der Waals surface area contributed by atoms with Gasteiger partial charge in [0.1, 0.15) is 17.9 Å². The van der Waals surface area contributed by atoms with Gasteiger partial charge in [-0.05, 0) is 41.8 Å². The van der Waals surface area contributed by atoms with Crippen molar-refractivity contribution < 1.29 is 9.13 Å². The van der Waals surface area contributed by atoms with Gasteiger partial charge in [-0.25, -0.2) is 9.07 Å². The molecule has 0 unspecified atom stereocenters. The molecule has 0 saturated heterocycles. The third kappa shape index (κ3) is 2.60. The Hall–Kier alpha value is -2.89. The second-order valence-electron chi connectivity index (χ2n) is 5.80. The van der Waals surface area contributed by atoms with Crippen LogP contribution in [0, 0.1) is 5.82 Å². The van der Waals surface area contributed by atoms with Crippen molar-refractivity contribution in [2.45, 2.75) is 18.5 Å². The molecule has 1 N–H and O–H groups in total. The molecular formula is C18H17FN4O. The molecule has 122 valence electrons. The number of rotatable bonds is 3. The molecule has 2 aromatic carbocycles. The first-order chi connectivity index (χ1) is 11.7. The van der Waals surface area contributed by atoms with Crippen LogP contribution in [-0.2, 0) is 0 Å². The zero-order valence-electron chi connectivity index (χ0n) is 13.2. The third-order valence-electron chi connectivity index (χ3n) is 4.38. The van der Waals surface area contributed by atoms with E-state index in [0.717, 1.165) is 23.3 Å². The van der Waals surface area contributed by atoms with E-state index in [2.05, 4.69) is 15.4 Å². The highest BCUT2D eigenvalue weighted by Gasteiger charge is 2.30. The van der Waals surface area contributed by atoms with Gasteiger partial charge in [-0.2, -0.15) is 10.1 Å². The zero-order chi connectivity index (χ0) is 16.5. The van der Waals surface area contributed by atoms with Crippen LogP contribution < -0.4 is 10.1 Å². The van der Waals surface area contributed by atoms with Crippen LogP contribution in [-0.4, -0.2) is 21.9 Å². The topological polar surface area (TPSA) is 52.0 Å². The average Bonchev–Trinajstić information content (AvgIpc) is 3.09. The highest BCUT2D eigenvalue weighted by Crippen LogP contribution is 2.37. The van der Waals surface area contributed by atoms with Gasteiger partial charge in [0.05, 0.1) is 19.2 Å². The Balaban J connectivity index is 1.70. The molecule has 24 heavy (non-hydrogen) atoms. The van der Waals surface area contributed by atoms with Crippen molar-refractivity contribution in [2.24, 2.45) is 0 Å². The molecular weight excluding hydrogens is 307 g/mol. The fourth-order valence-corrected chi connectivity index (χ4v) is 3.17. The molecule has 2 atom stereocenters. The molecule has 6 heteroatoms. The number of hydrogen-bond acceptors (Lipinski definition) is 4. The van der Waals surface area contributed by atoms with E-state index < -0.39 is 0 Å². The molecule has 0 radical (unpaired) electrons. The quantitative estimate of drug-likeness (QED) is 0.800. The summed E-state index contributed by atoms with van der Waals surface area (Å²) >= 11 is 0. The largest absolute Gasteiger partial charge is 0.497 e. The summed E-state index contributed by atoms with van der Waals surface area (Å²) in [4.78, 5) is 4.29. The van der Waals surface area contributed by atoms with E-state index in [-0.39, 0.29) is 17.9 Å². The second kappa shape index (κ2) is 5.96.